The van der Waals surface area contributed by atoms with E-state index in [4.69, 9.17) is 4.98 Å². The Labute approximate surface area is 175 Å². The first-order chi connectivity index (χ1) is 14.1. The van der Waals surface area contributed by atoms with Crippen LogP contribution in [0.3, 0.4) is 0 Å². The molecule has 2 fully saturated rings. The summed E-state index contributed by atoms with van der Waals surface area (Å²) in [5.41, 5.74) is 8.39. The normalized spacial score (nSPS) is 19.7. The lowest BCUT2D eigenvalue weighted by molar-refractivity contribution is 0.114. The molecular formula is C28H33N. The molecule has 0 radical (unpaired) electrons. The molecule has 5 rings (SSSR count). The third-order valence-corrected chi connectivity index (χ3v) is 7.67. The first-order valence-corrected chi connectivity index (χ1v) is 11.6. The molecule has 0 N–H and O–H groups in total. The topological polar surface area (TPSA) is 12.9 Å². The number of aromatic nitrogens is 1. The van der Waals surface area contributed by atoms with Crippen LogP contribution < -0.4 is 0 Å². The summed E-state index contributed by atoms with van der Waals surface area (Å²) >= 11 is 0. The summed E-state index contributed by atoms with van der Waals surface area (Å²) in [6.45, 7) is 4.37. The number of fused-ring (bicyclic) bond motifs is 1. The molecular weight excluding hydrogens is 350 g/mol. The minimum Gasteiger partial charge on any atom is -0.248 e. The monoisotopic (exact) mass is 383 g/mol. The van der Waals surface area contributed by atoms with Gasteiger partial charge in [0.25, 0.3) is 0 Å². The van der Waals surface area contributed by atoms with Crippen molar-refractivity contribution in [2.75, 3.05) is 0 Å². The van der Waals surface area contributed by atoms with Crippen LogP contribution in [0.25, 0.3) is 22.2 Å². The molecule has 3 aromatic rings. The Bertz CT molecular complexity index is 995. The molecule has 1 heteroatoms. The van der Waals surface area contributed by atoms with Crippen molar-refractivity contribution in [3.8, 4) is 11.3 Å². The van der Waals surface area contributed by atoms with Crippen LogP contribution in [-0.2, 0) is 0 Å². The van der Waals surface area contributed by atoms with Gasteiger partial charge in [-0.05, 0) is 93.5 Å². The Hall–Kier alpha value is -2.15. The van der Waals surface area contributed by atoms with Gasteiger partial charge in [-0.1, -0.05) is 54.7 Å². The van der Waals surface area contributed by atoms with Crippen LogP contribution in [0.1, 0.15) is 80.4 Å². The van der Waals surface area contributed by atoms with Crippen molar-refractivity contribution in [1.82, 2.24) is 4.98 Å². The Morgan fingerprint density at radius 3 is 2.21 bits per heavy atom. The molecule has 1 heterocycles. The van der Waals surface area contributed by atoms with Gasteiger partial charge < -0.3 is 0 Å². The smallest absolute Gasteiger partial charge is 0.0712 e. The number of benzene rings is 2. The fourth-order valence-corrected chi connectivity index (χ4v) is 6.15. The quantitative estimate of drug-likeness (QED) is 0.435. The van der Waals surface area contributed by atoms with Crippen molar-refractivity contribution in [2.24, 2.45) is 5.41 Å². The van der Waals surface area contributed by atoms with E-state index < -0.39 is 0 Å². The molecule has 1 nitrogen and oxygen atoms in total. The summed E-state index contributed by atoms with van der Waals surface area (Å²) < 4.78 is 0. The van der Waals surface area contributed by atoms with Crippen LogP contribution in [0.4, 0.5) is 0 Å². The average Bonchev–Trinajstić information content (AvgIpc) is 2.73. The lowest BCUT2D eigenvalue weighted by atomic mass is 9.62. The van der Waals surface area contributed by atoms with E-state index in [0.717, 1.165) is 11.2 Å². The number of nitrogens with zero attached hydrogens (tertiary/aromatic N) is 1. The summed E-state index contributed by atoms with van der Waals surface area (Å²) in [5.74, 6) is 0.681. The van der Waals surface area contributed by atoms with E-state index in [1.807, 2.05) is 0 Å². The summed E-state index contributed by atoms with van der Waals surface area (Å²) in [6.07, 6.45) is 12.9. The average molecular weight is 384 g/mol. The Morgan fingerprint density at radius 1 is 0.793 bits per heavy atom. The van der Waals surface area contributed by atoms with Gasteiger partial charge >= 0.3 is 0 Å². The van der Waals surface area contributed by atoms with Gasteiger partial charge in [-0.3, -0.25) is 0 Å². The van der Waals surface area contributed by atoms with Crippen LogP contribution in [0.5, 0.6) is 0 Å². The van der Waals surface area contributed by atoms with Gasteiger partial charge in [-0.2, -0.15) is 0 Å². The predicted molar refractivity (Wildman–Crippen MR) is 123 cm³/mol. The van der Waals surface area contributed by atoms with Crippen LogP contribution >= 0.6 is 0 Å². The number of aryl methyl sites for hydroxylation is 2. The minimum absolute atomic E-state index is 0.675. The van der Waals surface area contributed by atoms with E-state index in [9.17, 15) is 0 Å². The zero-order valence-corrected chi connectivity index (χ0v) is 18.0. The van der Waals surface area contributed by atoms with Crippen molar-refractivity contribution in [3.05, 3.63) is 65.2 Å². The largest absolute Gasteiger partial charge is 0.248 e. The van der Waals surface area contributed by atoms with E-state index >= 15 is 0 Å². The maximum Gasteiger partial charge on any atom is 0.0712 e. The molecule has 0 saturated heterocycles. The number of hydrogen-bond donors (Lipinski definition) is 0. The van der Waals surface area contributed by atoms with E-state index in [1.54, 1.807) is 0 Å². The zero-order chi connectivity index (χ0) is 19.8. The second-order valence-corrected chi connectivity index (χ2v) is 9.83. The molecule has 150 valence electrons. The third kappa shape index (κ3) is 3.72. The molecule has 0 amide bonds. The highest BCUT2D eigenvalue weighted by Gasteiger charge is 2.36. The molecule has 2 aromatic carbocycles. The van der Waals surface area contributed by atoms with Gasteiger partial charge in [0, 0.05) is 10.9 Å². The van der Waals surface area contributed by atoms with Gasteiger partial charge in [0.05, 0.1) is 11.2 Å². The molecule has 1 aromatic heterocycles. The predicted octanol–water partition coefficient (Wildman–Crippen LogP) is 8.13. The van der Waals surface area contributed by atoms with Gasteiger partial charge in [0.1, 0.15) is 0 Å². The standard InChI is InChI=1S/C28H33N/c1-20-16-21(2)18-23(17-20)27-19-25(24-8-4-5-9-26(24)29-27)22-10-14-28(15-11-22)12-6-3-7-13-28/h4-5,8-9,16-19,22H,3,6-7,10-15H2,1-2H3. The SMILES string of the molecule is Cc1cc(C)cc(-c2cc(C3CCC4(CCCCC4)CC3)c3ccccc3n2)c1. The lowest BCUT2D eigenvalue weighted by Gasteiger charge is -2.43. The van der Waals surface area contributed by atoms with Gasteiger partial charge in [0.15, 0.2) is 0 Å². The Balaban J connectivity index is 1.53. The van der Waals surface area contributed by atoms with Crippen molar-refractivity contribution >= 4 is 10.9 Å². The fourth-order valence-electron chi connectivity index (χ4n) is 6.15. The number of pyridine rings is 1. The molecule has 2 saturated carbocycles. The van der Waals surface area contributed by atoms with Crippen LogP contribution in [0, 0.1) is 19.3 Å². The van der Waals surface area contributed by atoms with Crippen molar-refractivity contribution in [1.29, 1.82) is 0 Å². The summed E-state index contributed by atoms with van der Waals surface area (Å²) in [4.78, 5) is 5.07. The summed E-state index contributed by atoms with van der Waals surface area (Å²) in [6, 6.07) is 18.0. The number of hydrogen-bond acceptors (Lipinski definition) is 1. The molecule has 2 aliphatic rings. The first-order valence-electron chi connectivity index (χ1n) is 11.6. The van der Waals surface area contributed by atoms with Gasteiger partial charge in [0.2, 0.25) is 0 Å². The minimum atomic E-state index is 0.675. The van der Waals surface area contributed by atoms with E-state index in [1.165, 1.54) is 85.4 Å². The second-order valence-electron chi connectivity index (χ2n) is 9.83. The van der Waals surface area contributed by atoms with Crippen LogP contribution in [0.2, 0.25) is 0 Å². The zero-order valence-electron chi connectivity index (χ0n) is 18.0. The first kappa shape index (κ1) is 18.9. The second kappa shape index (κ2) is 7.59. The van der Waals surface area contributed by atoms with Crippen LogP contribution in [-0.4, -0.2) is 4.98 Å². The van der Waals surface area contributed by atoms with Gasteiger partial charge in [-0.15, -0.1) is 0 Å². The summed E-state index contributed by atoms with van der Waals surface area (Å²) in [5, 5.41) is 1.37. The van der Waals surface area contributed by atoms with E-state index in [2.05, 4.69) is 62.4 Å². The van der Waals surface area contributed by atoms with Crippen molar-refractivity contribution in [3.63, 3.8) is 0 Å². The van der Waals surface area contributed by atoms with Crippen molar-refractivity contribution in [2.45, 2.75) is 77.6 Å². The Kier molecular flexibility index (Phi) is 4.94. The third-order valence-electron chi connectivity index (χ3n) is 7.67. The highest BCUT2D eigenvalue weighted by Crippen LogP contribution is 2.51. The molecule has 2 aliphatic carbocycles. The van der Waals surface area contributed by atoms with Gasteiger partial charge in [-0.25, -0.2) is 4.98 Å². The molecule has 0 unspecified atom stereocenters. The highest BCUT2D eigenvalue weighted by molar-refractivity contribution is 5.85. The van der Waals surface area contributed by atoms with Crippen LogP contribution in [0.15, 0.2) is 48.5 Å². The summed E-state index contributed by atoms with van der Waals surface area (Å²) in [7, 11) is 0. The van der Waals surface area contributed by atoms with E-state index in [0.29, 0.717) is 11.3 Å². The fraction of sp³-hybridized carbons (Fsp3) is 0.464. The molecule has 0 aliphatic heterocycles. The molecule has 29 heavy (non-hydrogen) atoms. The molecule has 0 bridgehead atoms. The maximum atomic E-state index is 5.07. The lowest BCUT2D eigenvalue weighted by Crippen LogP contribution is -2.29. The highest BCUT2D eigenvalue weighted by atomic mass is 14.7. The Morgan fingerprint density at radius 2 is 1.48 bits per heavy atom. The number of rotatable bonds is 2. The molecule has 1 spiro atoms. The maximum absolute atomic E-state index is 5.07. The molecule has 0 atom stereocenters. The van der Waals surface area contributed by atoms with E-state index in [-0.39, 0.29) is 0 Å². The van der Waals surface area contributed by atoms with Crippen molar-refractivity contribution < 1.29 is 0 Å². The number of para-hydroxylation sites is 1.